The van der Waals surface area contributed by atoms with Gasteiger partial charge in [-0.3, -0.25) is 4.79 Å². The molecule has 0 aliphatic carbocycles. The number of nitrogens with zero attached hydrogens (tertiary/aromatic N) is 1. The van der Waals surface area contributed by atoms with Crippen molar-refractivity contribution in [3.63, 3.8) is 0 Å². The van der Waals surface area contributed by atoms with Crippen molar-refractivity contribution >= 4 is 39.7 Å². The molecule has 0 saturated carbocycles. The number of hydrogen-bond acceptors (Lipinski definition) is 2. The molecule has 2 heterocycles. The van der Waals surface area contributed by atoms with Crippen molar-refractivity contribution in [1.29, 1.82) is 0 Å². The van der Waals surface area contributed by atoms with E-state index < -0.39 is 0 Å². The number of benzene rings is 3. The zero-order chi connectivity index (χ0) is 17.7. The molecule has 1 aliphatic heterocycles. The number of H-pyrrole nitrogens is 1. The quantitative estimate of drug-likeness (QED) is 0.484. The van der Waals surface area contributed by atoms with E-state index in [1.54, 1.807) is 0 Å². The Balaban J connectivity index is 1.72. The van der Waals surface area contributed by atoms with Gasteiger partial charge in [0.1, 0.15) is 5.71 Å². The van der Waals surface area contributed by atoms with E-state index in [2.05, 4.69) is 9.98 Å². The highest BCUT2D eigenvalue weighted by atomic mass is 35.5. The molecule has 26 heavy (non-hydrogen) atoms. The average Bonchev–Trinajstić information content (AvgIpc) is 3.25. The summed E-state index contributed by atoms with van der Waals surface area (Å²) in [7, 11) is 0. The Morgan fingerprint density at radius 2 is 1.50 bits per heavy atom. The number of carbonyl (C=O) groups is 1. The van der Waals surface area contributed by atoms with Crippen LogP contribution in [0.15, 0.2) is 77.9 Å². The molecule has 5 rings (SSSR count). The second-order valence-electron chi connectivity index (χ2n) is 6.22. The molecule has 0 atom stereocenters. The Hall–Kier alpha value is -3.17. The van der Waals surface area contributed by atoms with Crippen LogP contribution >= 0.6 is 11.6 Å². The second kappa shape index (κ2) is 5.68. The van der Waals surface area contributed by atoms with Gasteiger partial charge < -0.3 is 4.98 Å². The van der Waals surface area contributed by atoms with Crippen molar-refractivity contribution in [3.8, 4) is 11.1 Å². The average molecular weight is 357 g/mol. The predicted octanol–water partition coefficient (Wildman–Crippen LogP) is 5.81. The summed E-state index contributed by atoms with van der Waals surface area (Å²) >= 11 is 6.30. The summed E-state index contributed by atoms with van der Waals surface area (Å²) in [5, 5.41) is 1.70. The van der Waals surface area contributed by atoms with E-state index in [0.717, 1.165) is 33.3 Å². The fraction of sp³-hybridized carbons (Fsp3) is 0. The third kappa shape index (κ3) is 2.14. The van der Waals surface area contributed by atoms with E-state index in [9.17, 15) is 4.79 Å². The summed E-state index contributed by atoms with van der Waals surface area (Å²) in [5.41, 5.74) is 5.55. The summed E-state index contributed by atoms with van der Waals surface area (Å²) in [5.74, 6) is -0.0362. The van der Waals surface area contributed by atoms with E-state index in [1.807, 2.05) is 72.9 Å². The molecule has 0 bridgehead atoms. The van der Waals surface area contributed by atoms with Gasteiger partial charge in [0.15, 0.2) is 0 Å². The lowest BCUT2D eigenvalue weighted by atomic mass is 9.94. The van der Waals surface area contributed by atoms with Crippen LogP contribution in [0.3, 0.4) is 0 Å². The Kier molecular flexibility index (Phi) is 3.30. The SMILES string of the molecule is O=C1C(c2ccccc2-c2c[nH]c3c(Cl)cccc23)=Nc2ccccc21. The molecule has 0 radical (unpaired) electrons. The van der Waals surface area contributed by atoms with Crippen molar-refractivity contribution in [1.82, 2.24) is 4.98 Å². The van der Waals surface area contributed by atoms with Gasteiger partial charge in [-0.2, -0.15) is 0 Å². The first-order valence-electron chi connectivity index (χ1n) is 8.32. The van der Waals surface area contributed by atoms with E-state index in [4.69, 9.17) is 11.6 Å². The minimum absolute atomic E-state index is 0.0362. The smallest absolute Gasteiger partial charge is 0.214 e. The Bertz CT molecular complexity index is 1220. The molecule has 124 valence electrons. The summed E-state index contributed by atoms with van der Waals surface area (Å²) in [6, 6.07) is 21.1. The number of rotatable bonds is 2. The third-order valence-electron chi connectivity index (χ3n) is 4.73. The van der Waals surface area contributed by atoms with Gasteiger partial charge in [0.25, 0.3) is 0 Å². The highest BCUT2D eigenvalue weighted by molar-refractivity contribution is 6.55. The largest absolute Gasteiger partial charge is 0.359 e. The molecule has 3 nitrogen and oxygen atoms in total. The number of aromatic nitrogens is 1. The first-order chi connectivity index (χ1) is 12.7. The van der Waals surface area contributed by atoms with Crippen LogP contribution in [0.1, 0.15) is 15.9 Å². The maximum Gasteiger partial charge on any atom is 0.214 e. The van der Waals surface area contributed by atoms with E-state index >= 15 is 0 Å². The fourth-order valence-corrected chi connectivity index (χ4v) is 3.74. The number of nitrogens with one attached hydrogen (secondary N) is 1. The van der Waals surface area contributed by atoms with Crippen LogP contribution < -0.4 is 0 Å². The number of halogens is 1. The second-order valence-corrected chi connectivity index (χ2v) is 6.62. The van der Waals surface area contributed by atoms with Gasteiger partial charge >= 0.3 is 0 Å². The van der Waals surface area contributed by atoms with E-state index in [-0.39, 0.29) is 5.78 Å². The third-order valence-corrected chi connectivity index (χ3v) is 5.05. The van der Waals surface area contributed by atoms with Gasteiger partial charge in [-0.1, -0.05) is 60.1 Å². The Labute approximate surface area is 155 Å². The van der Waals surface area contributed by atoms with Gasteiger partial charge in [0.2, 0.25) is 5.78 Å². The molecular weight excluding hydrogens is 344 g/mol. The van der Waals surface area contributed by atoms with Gasteiger partial charge in [-0.05, 0) is 23.8 Å². The van der Waals surface area contributed by atoms with Gasteiger partial charge in [0.05, 0.1) is 16.2 Å². The van der Waals surface area contributed by atoms with Crippen molar-refractivity contribution in [2.45, 2.75) is 0 Å². The first kappa shape index (κ1) is 15.1. The summed E-state index contributed by atoms with van der Waals surface area (Å²) in [4.78, 5) is 20.7. The van der Waals surface area contributed by atoms with Crippen molar-refractivity contribution in [2.75, 3.05) is 0 Å². The maximum atomic E-state index is 12.9. The Morgan fingerprint density at radius 1 is 0.769 bits per heavy atom. The summed E-state index contributed by atoms with van der Waals surface area (Å²) in [6.45, 7) is 0. The van der Waals surface area contributed by atoms with Crippen LogP contribution in [-0.4, -0.2) is 16.5 Å². The number of aromatic amines is 1. The van der Waals surface area contributed by atoms with Crippen LogP contribution in [0.5, 0.6) is 0 Å². The fourth-order valence-electron chi connectivity index (χ4n) is 3.51. The molecule has 0 amide bonds. The molecule has 1 N–H and O–H groups in total. The number of Topliss-reactive ketones (excluding diaryl/α,β-unsaturated/α-hetero) is 1. The Morgan fingerprint density at radius 3 is 2.31 bits per heavy atom. The van der Waals surface area contributed by atoms with Crippen molar-refractivity contribution in [3.05, 3.63) is 89.1 Å². The van der Waals surface area contributed by atoms with Crippen LogP contribution in [-0.2, 0) is 0 Å². The lowest BCUT2D eigenvalue weighted by Gasteiger charge is -2.08. The van der Waals surface area contributed by atoms with Crippen LogP contribution in [0, 0.1) is 0 Å². The molecule has 4 aromatic rings. The number of ketones is 1. The molecular formula is C22H13ClN2O. The molecule has 4 heteroatoms. The lowest BCUT2D eigenvalue weighted by molar-refractivity contribution is 0.107. The van der Waals surface area contributed by atoms with Crippen LogP contribution in [0.4, 0.5) is 5.69 Å². The van der Waals surface area contributed by atoms with Crippen molar-refractivity contribution < 1.29 is 4.79 Å². The minimum atomic E-state index is -0.0362. The lowest BCUT2D eigenvalue weighted by Crippen LogP contribution is -2.12. The van der Waals surface area contributed by atoms with Gasteiger partial charge in [-0.15, -0.1) is 0 Å². The monoisotopic (exact) mass is 356 g/mol. The molecule has 0 unspecified atom stereocenters. The predicted molar refractivity (Wildman–Crippen MR) is 106 cm³/mol. The van der Waals surface area contributed by atoms with Crippen LogP contribution in [0.2, 0.25) is 5.02 Å². The molecule has 1 aromatic heterocycles. The number of para-hydroxylation sites is 2. The number of aliphatic imine (C=N–C) groups is 1. The topological polar surface area (TPSA) is 45.2 Å². The standard InChI is InChI=1S/C22H13ClN2O/c23-18-10-5-9-15-17(12-24-20(15)18)13-6-1-2-7-14(13)21-22(26)16-8-3-4-11-19(16)25-21/h1-12,24H. The zero-order valence-corrected chi connectivity index (χ0v) is 14.4. The summed E-state index contributed by atoms with van der Waals surface area (Å²) in [6.07, 6.45) is 1.93. The number of carbonyl (C=O) groups excluding carboxylic acids is 1. The molecule has 0 saturated heterocycles. The van der Waals surface area contributed by atoms with Gasteiger partial charge in [0, 0.05) is 28.3 Å². The first-order valence-corrected chi connectivity index (χ1v) is 8.69. The highest BCUT2D eigenvalue weighted by Gasteiger charge is 2.27. The summed E-state index contributed by atoms with van der Waals surface area (Å²) < 4.78 is 0. The normalized spacial score (nSPS) is 13.1. The zero-order valence-electron chi connectivity index (χ0n) is 13.7. The number of fused-ring (bicyclic) bond motifs is 2. The van der Waals surface area contributed by atoms with E-state index in [1.165, 1.54) is 0 Å². The highest BCUT2D eigenvalue weighted by Crippen LogP contribution is 2.36. The molecule has 3 aromatic carbocycles. The van der Waals surface area contributed by atoms with Crippen molar-refractivity contribution in [2.24, 2.45) is 4.99 Å². The minimum Gasteiger partial charge on any atom is -0.359 e. The van der Waals surface area contributed by atoms with Gasteiger partial charge in [-0.25, -0.2) is 4.99 Å². The molecule has 0 spiro atoms. The number of hydrogen-bond donors (Lipinski definition) is 1. The maximum absolute atomic E-state index is 12.9. The van der Waals surface area contributed by atoms with Crippen LogP contribution in [0.25, 0.3) is 22.0 Å². The molecule has 1 aliphatic rings. The molecule has 0 fully saturated rings. The van der Waals surface area contributed by atoms with E-state index in [0.29, 0.717) is 16.3 Å².